The van der Waals surface area contributed by atoms with Gasteiger partial charge in [0.2, 0.25) is 15.9 Å². The van der Waals surface area contributed by atoms with Crippen molar-refractivity contribution < 1.29 is 22.7 Å². The molecule has 0 unspecified atom stereocenters. The van der Waals surface area contributed by atoms with Crippen LogP contribution in [0.3, 0.4) is 0 Å². The topological polar surface area (TPSA) is 82.6 Å². The van der Waals surface area contributed by atoms with Crippen molar-refractivity contribution >= 4 is 15.9 Å². The summed E-state index contributed by atoms with van der Waals surface area (Å²) in [5.74, 6) is 0.610. The van der Waals surface area contributed by atoms with Crippen molar-refractivity contribution in [3.05, 3.63) is 23.3 Å². The number of sulfonamides is 1. The molecule has 0 radical (unpaired) electrons. The Labute approximate surface area is 235 Å². The maximum atomic E-state index is 13.3. The Kier molecular flexibility index (Phi) is 10.3. The van der Waals surface area contributed by atoms with E-state index in [0.717, 1.165) is 37.3 Å². The number of piperazine rings is 1. The number of amides is 1. The average molecular weight is 565 g/mol. The van der Waals surface area contributed by atoms with E-state index in [1.807, 2.05) is 18.9 Å². The lowest BCUT2D eigenvalue weighted by Gasteiger charge is -2.43. The third-order valence-corrected chi connectivity index (χ3v) is 11.0. The van der Waals surface area contributed by atoms with Crippen LogP contribution in [0, 0.1) is 6.92 Å². The Hall–Kier alpha value is -1.72. The highest BCUT2D eigenvalue weighted by Gasteiger charge is 2.35. The molecule has 220 valence electrons. The van der Waals surface area contributed by atoms with E-state index in [-0.39, 0.29) is 31.7 Å². The molecule has 0 spiro atoms. The fourth-order valence-electron chi connectivity index (χ4n) is 6.21. The Balaban J connectivity index is 1.18. The first-order valence-electron chi connectivity index (χ1n) is 14.6. The van der Waals surface area contributed by atoms with E-state index >= 15 is 0 Å². The third-order valence-electron chi connectivity index (χ3n) is 8.92. The Morgan fingerprint density at radius 1 is 0.974 bits per heavy atom. The first-order valence-corrected chi connectivity index (χ1v) is 16.0. The summed E-state index contributed by atoms with van der Waals surface area (Å²) < 4.78 is 38.9. The number of hydrogen-bond acceptors (Lipinski definition) is 7. The minimum Gasteiger partial charge on any atom is -0.497 e. The lowest BCUT2D eigenvalue weighted by molar-refractivity contribution is -0.137. The SMILES string of the molecule is CCc1cc(OC)cc(C)c1S(=O)(=O)N(C)CCOCC(=O)N(C)C1CCC(N2CCN(C3CC3)CC2)CC1. The van der Waals surface area contributed by atoms with Gasteiger partial charge >= 0.3 is 0 Å². The van der Waals surface area contributed by atoms with Crippen LogP contribution in [0.1, 0.15) is 56.6 Å². The second-order valence-corrected chi connectivity index (χ2v) is 13.4. The van der Waals surface area contributed by atoms with Crippen LogP contribution in [0.25, 0.3) is 0 Å². The molecule has 0 bridgehead atoms. The number of hydrogen-bond donors (Lipinski definition) is 0. The van der Waals surface area contributed by atoms with E-state index in [1.165, 1.54) is 43.3 Å². The minimum atomic E-state index is -3.69. The minimum absolute atomic E-state index is 0.0325. The van der Waals surface area contributed by atoms with Gasteiger partial charge in [0, 0.05) is 64.9 Å². The molecule has 1 saturated heterocycles. The Morgan fingerprint density at radius 2 is 1.54 bits per heavy atom. The molecule has 0 N–H and O–H groups in total. The first-order chi connectivity index (χ1) is 18.6. The second kappa shape index (κ2) is 13.3. The molecule has 3 aliphatic rings. The van der Waals surface area contributed by atoms with Crippen LogP contribution in [0.4, 0.5) is 0 Å². The van der Waals surface area contributed by atoms with Crippen molar-refractivity contribution in [3.63, 3.8) is 0 Å². The predicted octanol–water partition coefficient (Wildman–Crippen LogP) is 2.75. The van der Waals surface area contributed by atoms with Gasteiger partial charge in [-0.2, -0.15) is 4.31 Å². The van der Waals surface area contributed by atoms with Crippen LogP contribution in [-0.2, 0) is 26.0 Å². The van der Waals surface area contributed by atoms with Crippen molar-refractivity contribution in [2.24, 2.45) is 0 Å². The van der Waals surface area contributed by atoms with Gasteiger partial charge in [-0.05, 0) is 75.1 Å². The first kappa shape index (κ1) is 30.2. The highest BCUT2D eigenvalue weighted by Crippen LogP contribution is 2.31. The maximum absolute atomic E-state index is 13.3. The molecule has 0 aromatic heterocycles. The van der Waals surface area contributed by atoms with Crippen LogP contribution in [0.5, 0.6) is 5.75 Å². The van der Waals surface area contributed by atoms with E-state index < -0.39 is 10.0 Å². The molecular formula is C29H48N4O5S. The number of nitrogens with zero attached hydrogens (tertiary/aromatic N) is 4. The van der Waals surface area contributed by atoms with Crippen LogP contribution >= 0.6 is 0 Å². The molecular weight excluding hydrogens is 516 g/mol. The lowest BCUT2D eigenvalue weighted by Crippen LogP contribution is -2.52. The summed E-state index contributed by atoms with van der Waals surface area (Å²) in [6, 6.07) is 5.27. The van der Waals surface area contributed by atoms with Crippen molar-refractivity contribution in [3.8, 4) is 5.75 Å². The van der Waals surface area contributed by atoms with Crippen molar-refractivity contribution in [1.82, 2.24) is 19.0 Å². The van der Waals surface area contributed by atoms with Gasteiger partial charge in [0.15, 0.2) is 0 Å². The average Bonchev–Trinajstić information content (AvgIpc) is 3.80. The van der Waals surface area contributed by atoms with Gasteiger partial charge in [-0.25, -0.2) is 8.42 Å². The van der Waals surface area contributed by atoms with E-state index in [1.54, 1.807) is 33.2 Å². The number of aryl methyl sites for hydroxylation is 2. The summed E-state index contributed by atoms with van der Waals surface area (Å²) in [6.45, 7) is 8.78. The molecule has 4 rings (SSSR count). The van der Waals surface area contributed by atoms with Crippen LogP contribution in [-0.4, -0.2) is 119 Å². The summed E-state index contributed by atoms with van der Waals surface area (Å²) in [6.07, 6.45) is 7.67. The summed E-state index contributed by atoms with van der Waals surface area (Å²) in [5.41, 5.74) is 1.39. The molecule has 1 aliphatic heterocycles. The fraction of sp³-hybridized carbons (Fsp3) is 0.759. The summed E-state index contributed by atoms with van der Waals surface area (Å²) >= 11 is 0. The number of methoxy groups -OCH3 is 1. The quantitative estimate of drug-likeness (QED) is 0.361. The van der Waals surface area contributed by atoms with Crippen LogP contribution < -0.4 is 4.74 Å². The molecule has 39 heavy (non-hydrogen) atoms. The highest BCUT2D eigenvalue weighted by atomic mass is 32.2. The van der Waals surface area contributed by atoms with Crippen LogP contribution in [0.15, 0.2) is 17.0 Å². The number of rotatable bonds is 12. The summed E-state index contributed by atoms with van der Waals surface area (Å²) in [5, 5.41) is 0. The number of ether oxygens (including phenoxy) is 2. The van der Waals surface area contributed by atoms with Crippen molar-refractivity contribution in [2.45, 2.75) is 81.8 Å². The third kappa shape index (κ3) is 7.33. The number of carbonyl (C=O) groups is 1. The van der Waals surface area contributed by atoms with Gasteiger partial charge in [0.05, 0.1) is 18.6 Å². The molecule has 2 aliphatic carbocycles. The lowest BCUT2D eigenvalue weighted by atomic mass is 9.89. The largest absolute Gasteiger partial charge is 0.497 e. The molecule has 1 aromatic carbocycles. The number of benzene rings is 1. The molecule has 0 atom stereocenters. The zero-order chi connectivity index (χ0) is 28.2. The fourth-order valence-corrected chi connectivity index (χ4v) is 7.84. The van der Waals surface area contributed by atoms with Gasteiger partial charge in [-0.1, -0.05) is 6.92 Å². The van der Waals surface area contributed by atoms with E-state index in [2.05, 4.69) is 9.80 Å². The molecule has 9 nitrogen and oxygen atoms in total. The summed E-state index contributed by atoms with van der Waals surface area (Å²) in [7, 11) is 1.31. The standard InChI is InChI=1S/C29H48N4O5S/c1-6-23-20-27(37-5)19-22(2)29(23)39(35,36)30(3)17-18-38-21-28(34)31(4)24-7-9-25(10-8-24)32-13-15-33(16-14-32)26-11-12-26/h19-20,24-26H,6-18,21H2,1-5H3. The smallest absolute Gasteiger partial charge is 0.248 e. The number of carbonyl (C=O) groups excluding carboxylic acids is 1. The normalized spacial score (nSPS) is 23.2. The highest BCUT2D eigenvalue weighted by molar-refractivity contribution is 7.89. The predicted molar refractivity (Wildman–Crippen MR) is 153 cm³/mol. The Bertz CT molecular complexity index is 1080. The molecule has 2 saturated carbocycles. The monoisotopic (exact) mass is 564 g/mol. The molecule has 1 aromatic rings. The Morgan fingerprint density at radius 3 is 2.05 bits per heavy atom. The number of likely N-dealkylation sites (N-methyl/N-ethyl adjacent to an activating group) is 2. The molecule has 3 fully saturated rings. The molecule has 10 heteroatoms. The maximum Gasteiger partial charge on any atom is 0.248 e. The van der Waals surface area contributed by atoms with Gasteiger partial charge < -0.3 is 14.4 Å². The van der Waals surface area contributed by atoms with Crippen molar-refractivity contribution in [1.29, 1.82) is 0 Å². The van der Waals surface area contributed by atoms with Gasteiger partial charge in [0.25, 0.3) is 0 Å². The zero-order valence-electron chi connectivity index (χ0n) is 24.5. The van der Waals surface area contributed by atoms with Crippen LogP contribution in [0.2, 0.25) is 0 Å². The van der Waals surface area contributed by atoms with E-state index in [9.17, 15) is 13.2 Å². The van der Waals surface area contributed by atoms with E-state index in [4.69, 9.17) is 9.47 Å². The molecule has 1 amide bonds. The van der Waals surface area contributed by atoms with Gasteiger partial charge in [0.1, 0.15) is 12.4 Å². The van der Waals surface area contributed by atoms with Crippen molar-refractivity contribution in [2.75, 3.05) is 67.1 Å². The van der Waals surface area contributed by atoms with E-state index in [0.29, 0.717) is 28.7 Å². The zero-order valence-corrected chi connectivity index (χ0v) is 25.3. The van der Waals surface area contributed by atoms with Gasteiger partial charge in [-0.3, -0.25) is 14.6 Å². The summed E-state index contributed by atoms with van der Waals surface area (Å²) in [4.78, 5) is 20.3. The molecule has 1 heterocycles. The second-order valence-electron chi connectivity index (χ2n) is 11.4. The van der Waals surface area contributed by atoms with Gasteiger partial charge in [-0.15, -0.1) is 0 Å².